The van der Waals surface area contributed by atoms with E-state index in [9.17, 15) is 4.79 Å². The number of esters is 1. The Morgan fingerprint density at radius 3 is 2.36 bits per heavy atom. The van der Waals surface area contributed by atoms with Crippen LogP contribution in [-0.4, -0.2) is 24.7 Å². The summed E-state index contributed by atoms with van der Waals surface area (Å²) in [5, 5.41) is 0.915. The molecule has 28 heavy (non-hydrogen) atoms. The summed E-state index contributed by atoms with van der Waals surface area (Å²) in [6, 6.07) is 13.6. The third-order valence-corrected chi connectivity index (χ3v) is 5.54. The summed E-state index contributed by atoms with van der Waals surface area (Å²) in [6.45, 7) is 8.70. The van der Waals surface area contributed by atoms with Gasteiger partial charge in [-0.1, -0.05) is 32.9 Å². The normalized spacial score (nSPS) is 11.3. The zero-order valence-corrected chi connectivity index (χ0v) is 17.7. The van der Waals surface area contributed by atoms with E-state index in [2.05, 4.69) is 37.9 Å². The van der Waals surface area contributed by atoms with Crippen LogP contribution in [0, 0.1) is 0 Å². The van der Waals surface area contributed by atoms with Gasteiger partial charge in [0, 0.05) is 17.3 Å². The Labute approximate surface area is 170 Å². The number of aromatic nitrogens is 1. The van der Waals surface area contributed by atoms with Crippen LogP contribution in [0.3, 0.4) is 0 Å². The molecule has 2 aromatic carbocycles. The van der Waals surface area contributed by atoms with Gasteiger partial charge in [-0.15, -0.1) is 11.3 Å². The standard InChI is InChI=1S/C23H25NO3S/c1-6-27-22(25)16-9-7-15(8-10-16)21-24-14-20(28-21)17-11-12-19(26-5)18(13-17)23(2,3)4/h7-14H,6H2,1-5H3. The van der Waals surface area contributed by atoms with Crippen molar-refractivity contribution in [3.05, 3.63) is 59.8 Å². The van der Waals surface area contributed by atoms with Crippen molar-refractivity contribution in [3.63, 3.8) is 0 Å². The van der Waals surface area contributed by atoms with Gasteiger partial charge in [0.1, 0.15) is 10.8 Å². The van der Waals surface area contributed by atoms with Crippen molar-refractivity contribution in [1.29, 1.82) is 0 Å². The molecule has 0 atom stereocenters. The van der Waals surface area contributed by atoms with Gasteiger partial charge in [0.05, 0.1) is 24.2 Å². The topological polar surface area (TPSA) is 48.4 Å². The highest BCUT2D eigenvalue weighted by molar-refractivity contribution is 7.18. The van der Waals surface area contributed by atoms with Crippen molar-refractivity contribution < 1.29 is 14.3 Å². The van der Waals surface area contributed by atoms with Gasteiger partial charge < -0.3 is 9.47 Å². The van der Waals surface area contributed by atoms with E-state index in [4.69, 9.17) is 9.47 Å². The molecule has 0 radical (unpaired) electrons. The molecule has 0 fully saturated rings. The fraction of sp³-hybridized carbons (Fsp3) is 0.304. The molecule has 3 aromatic rings. The Bertz CT molecular complexity index is 968. The van der Waals surface area contributed by atoms with Crippen LogP contribution in [0.5, 0.6) is 5.75 Å². The Balaban J connectivity index is 1.89. The minimum Gasteiger partial charge on any atom is -0.496 e. The van der Waals surface area contributed by atoms with Gasteiger partial charge >= 0.3 is 5.97 Å². The van der Waals surface area contributed by atoms with Crippen molar-refractivity contribution in [3.8, 4) is 26.8 Å². The predicted octanol–water partition coefficient (Wildman–Crippen LogP) is 5.96. The molecule has 0 saturated carbocycles. The van der Waals surface area contributed by atoms with E-state index in [0.717, 1.165) is 26.8 Å². The average molecular weight is 396 g/mol. The van der Waals surface area contributed by atoms with Crippen LogP contribution >= 0.6 is 11.3 Å². The first kappa shape index (κ1) is 20.1. The Morgan fingerprint density at radius 2 is 1.75 bits per heavy atom. The SMILES string of the molecule is CCOC(=O)c1ccc(-c2ncc(-c3ccc(OC)c(C(C)(C)C)c3)s2)cc1. The summed E-state index contributed by atoms with van der Waals surface area (Å²) in [5.74, 6) is 0.595. The van der Waals surface area contributed by atoms with Crippen LogP contribution in [0.1, 0.15) is 43.6 Å². The Kier molecular flexibility index (Phi) is 5.84. The van der Waals surface area contributed by atoms with Crippen molar-refractivity contribution in [2.75, 3.05) is 13.7 Å². The van der Waals surface area contributed by atoms with Gasteiger partial charge in [-0.3, -0.25) is 0 Å². The number of ether oxygens (including phenoxy) is 2. The van der Waals surface area contributed by atoms with E-state index >= 15 is 0 Å². The summed E-state index contributed by atoms with van der Waals surface area (Å²) < 4.78 is 10.6. The van der Waals surface area contributed by atoms with Crippen LogP contribution in [0.25, 0.3) is 21.0 Å². The lowest BCUT2D eigenvalue weighted by atomic mass is 9.85. The molecule has 0 aliphatic heterocycles. The molecular weight excluding hydrogens is 370 g/mol. The second kappa shape index (κ2) is 8.15. The number of rotatable bonds is 5. The zero-order chi connectivity index (χ0) is 20.3. The first-order valence-electron chi connectivity index (χ1n) is 9.25. The Morgan fingerprint density at radius 1 is 1.07 bits per heavy atom. The summed E-state index contributed by atoms with van der Waals surface area (Å²) >= 11 is 1.63. The van der Waals surface area contributed by atoms with Crippen molar-refractivity contribution in [2.24, 2.45) is 0 Å². The highest BCUT2D eigenvalue weighted by Crippen LogP contribution is 2.38. The molecule has 0 bridgehead atoms. The van der Waals surface area contributed by atoms with E-state index < -0.39 is 0 Å². The van der Waals surface area contributed by atoms with Crippen molar-refractivity contribution in [2.45, 2.75) is 33.1 Å². The molecule has 0 N–H and O–H groups in total. The number of thiazole rings is 1. The number of benzene rings is 2. The largest absolute Gasteiger partial charge is 0.496 e. The summed E-state index contributed by atoms with van der Waals surface area (Å²) in [5.41, 5.74) is 3.80. The van der Waals surface area contributed by atoms with Crippen molar-refractivity contribution in [1.82, 2.24) is 4.98 Å². The van der Waals surface area contributed by atoms with Crippen LogP contribution in [0.4, 0.5) is 0 Å². The number of carbonyl (C=O) groups excluding carboxylic acids is 1. The monoisotopic (exact) mass is 395 g/mol. The molecule has 146 valence electrons. The first-order chi connectivity index (χ1) is 13.3. The van der Waals surface area contributed by atoms with E-state index in [0.29, 0.717) is 12.2 Å². The highest BCUT2D eigenvalue weighted by atomic mass is 32.1. The van der Waals surface area contributed by atoms with Crippen molar-refractivity contribution >= 4 is 17.3 Å². The molecule has 1 aromatic heterocycles. The number of hydrogen-bond donors (Lipinski definition) is 0. The summed E-state index contributed by atoms with van der Waals surface area (Å²) in [4.78, 5) is 17.5. The lowest BCUT2D eigenvalue weighted by molar-refractivity contribution is 0.0526. The first-order valence-corrected chi connectivity index (χ1v) is 10.1. The third kappa shape index (κ3) is 4.25. The van der Waals surface area contributed by atoms with Gasteiger partial charge in [0.2, 0.25) is 0 Å². The maximum atomic E-state index is 11.8. The number of carbonyl (C=O) groups is 1. The van der Waals surface area contributed by atoms with E-state index in [1.807, 2.05) is 24.4 Å². The average Bonchev–Trinajstić information content (AvgIpc) is 3.17. The minimum absolute atomic E-state index is 0.0161. The smallest absolute Gasteiger partial charge is 0.338 e. The molecule has 0 amide bonds. The molecular formula is C23H25NO3S. The minimum atomic E-state index is -0.304. The summed E-state index contributed by atoms with van der Waals surface area (Å²) in [6.07, 6.45) is 1.90. The third-order valence-electron chi connectivity index (χ3n) is 4.44. The van der Waals surface area contributed by atoms with Gasteiger partial charge in [-0.2, -0.15) is 0 Å². The second-order valence-electron chi connectivity index (χ2n) is 7.49. The molecule has 1 heterocycles. The van der Waals surface area contributed by atoms with Gasteiger partial charge in [0.15, 0.2) is 0 Å². The maximum Gasteiger partial charge on any atom is 0.338 e. The van der Waals surface area contributed by atoms with E-state index in [1.165, 1.54) is 5.56 Å². The highest BCUT2D eigenvalue weighted by Gasteiger charge is 2.20. The molecule has 5 heteroatoms. The van der Waals surface area contributed by atoms with Crippen LogP contribution < -0.4 is 4.74 Å². The van der Waals surface area contributed by atoms with E-state index in [-0.39, 0.29) is 11.4 Å². The van der Waals surface area contributed by atoms with Gasteiger partial charge in [0.25, 0.3) is 0 Å². The van der Waals surface area contributed by atoms with Gasteiger partial charge in [-0.25, -0.2) is 9.78 Å². The molecule has 4 nitrogen and oxygen atoms in total. The van der Waals surface area contributed by atoms with Gasteiger partial charge in [-0.05, 0) is 48.2 Å². The molecule has 0 aliphatic rings. The Hall–Kier alpha value is -2.66. The van der Waals surface area contributed by atoms with E-state index in [1.54, 1.807) is 37.5 Å². The number of hydrogen-bond acceptors (Lipinski definition) is 5. The molecule has 0 aliphatic carbocycles. The van der Waals surface area contributed by atoms with Crippen LogP contribution in [-0.2, 0) is 10.2 Å². The lowest BCUT2D eigenvalue weighted by Crippen LogP contribution is -2.12. The lowest BCUT2D eigenvalue weighted by Gasteiger charge is -2.22. The fourth-order valence-corrected chi connectivity index (χ4v) is 3.87. The quantitative estimate of drug-likeness (QED) is 0.500. The second-order valence-corrected chi connectivity index (χ2v) is 8.52. The maximum absolute atomic E-state index is 11.8. The van der Waals surface area contributed by atoms with Crippen LogP contribution in [0.15, 0.2) is 48.7 Å². The zero-order valence-electron chi connectivity index (χ0n) is 16.9. The summed E-state index contributed by atoms with van der Waals surface area (Å²) in [7, 11) is 1.70. The molecule has 0 spiro atoms. The fourth-order valence-electron chi connectivity index (χ4n) is 2.95. The number of methoxy groups -OCH3 is 1. The predicted molar refractivity (Wildman–Crippen MR) is 114 cm³/mol. The molecule has 0 unspecified atom stereocenters. The molecule has 3 rings (SSSR count). The van der Waals surface area contributed by atoms with Crippen LogP contribution in [0.2, 0.25) is 0 Å². The number of nitrogens with zero attached hydrogens (tertiary/aromatic N) is 1. The molecule has 0 saturated heterocycles.